The first-order valence-electron chi connectivity index (χ1n) is 10.4. The molecule has 7 nitrogen and oxygen atoms in total. The number of allylic oxidation sites excluding steroid dienone is 1. The van der Waals surface area contributed by atoms with Gasteiger partial charge < -0.3 is 14.8 Å². The molecule has 8 heteroatoms. The van der Waals surface area contributed by atoms with Gasteiger partial charge in [0.15, 0.2) is 17.1 Å². The lowest BCUT2D eigenvalue weighted by Crippen LogP contribution is -2.25. The number of thioether (sulfide) groups is 1. The number of amides is 1. The standard InChI is InChI=1S/C24H28N4O3S/c1-5-15-28-22(17(3)31-20-14-10-13-19(16-20)30-4)26-27-24(28)32-21(6-2)23(29)25-18-11-8-7-9-12-18/h5,7-14,16-17,21H,1,6,15H2,2-4H3,(H,25,29). The number of methoxy groups -OCH3 is 1. The summed E-state index contributed by atoms with van der Waals surface area (Å²) in [5.74, 6) is 1.98. The zero-order chi connectivity index (χ0) is 22.9. The number of rotatable bonds is 11. The van der Waals surface area contributed by atoms with Gasteiger partial charge in [-0.3, -0.25) is 9.36 Å². The van der Waals surface area contributed by atoms with Crippen molar-refractivity contribution in [3.63, 3.8) is 0 Å². The van der Waals surface area contributed by atoms with Gasteiger partial charge in [-0.2, -0.15) is 0 Å². The van der Waals surface area contributed by atoms with Crippen LogP contribution >= 0.6 is 11.8 Å². The number of benzene rings is 2. The molecule has 2 atom stereocenters. The van der Waals surface area contributed by atoms with Gasteiger partial charge in [0.1, 0.15) is 11.5 Å². The quantitative estimate of drug-likeness (QED) is 0.321. The molecule has 0 radical (unpaired) electrons. The second kappa shape index (κ2) is 11.4. The molecular weight excluding hydrogens is 424 g/mol. The maximum atomic E-state index is 12.8. The molecule has 0 aliphatic carbocycles. The van der Waals surface area contributed by atoms with Gasteiger partial charge in [-0.15, -0.1) is 16.8 Å². The first kappa shape index (κ1) is 23.4. The van der Waals surface area contributed by atoms with E-state index >= 15 is 0 Å². The van der Waals surface area contributed by atoms with Crippen LogP contribution in [0, 0.1) is 0 Å². The Morgan fingerprint density at radius 3 is 2.62 bits per heavy atom. The normalized spacial score (nSPS) is 12.6. The van der Waals surface area contributed by atoms with Crippen LogP contribution < -0.4 is 14.8 Å². The molecule has 32 heavy (non-hydrogen) atoms. The molecule has 0 saturated heterocycles. The van der Waals surface area contributed by atoms with E-state index in [1.165, 1.54) is 11.8 Å². The Labute approximate surface area is 192 Å². The minimum absolute atomic E-state index is 0.0703. The number of carbonyl (C=O) groups is 1. The van der Waals surface area contributed by atoms with Crippen molar-refractivity contribution >= 4 is 23.4 Å². The second-order valence-electron chi connectivity index (χ2n) is 7.05. The van der Waals surface area contributed by atoms with Crippen molar-refractivity contribution in [3.05, 3.63) is 73.1 Å². The Hall–Kier alpha value is -3.26. The van der Waals surface area contributed by atoms with Crippen molar-refractivity contribution in [2.24, 2.45) is 0 Å². The molecular formula is C24H28N4O3S. The summed E-state index contributed by atoms with van der Waals surface area (Å²) in [7, 11) is 1.62. The van der Waals surface area contributed by atoms with Crippen molar-refractivity contribution in [3.8, 4) is 11.5 Å². The third-order valence-corrected chi connectivity index (χ3v) is 6.07. The van der Waals surface area contributed by atoms with E-state index < -0.39 is 0 Å². The molecule has 2 unspecified atom stereocenters. The summed E-state index contributed by atoms with van der Waals surface area (Å²) < 4.78 is 13.3. The zero-order valence-electron chi connectivity index (χ0n) is 18.5. The highest BCUT2D eigenvalue weighted by Gasteiger charge is 2.24. The van der Waals surface area contributed by atoms with Crippen LogP contribution in [0.25, 0.3) is 0 Å². The Balaban J connectivity index is 1.76. The maximum Gasteiger partial charge on any atom is 0.237 e. The van der Waals surface area contributed by atoms with Crippen molar-refractivity contribution in [1.29, 1.82) is 0 Å². The fourth-order valence-electron chi connectivity index (χ4n) is 3.11. The molecule has 1 heterocycles. The van der Waals surface area contributed by atoms with Crippen LogP contribution in [0.2, 0.25) is 0 Å². The highest BCUT2D eigenvalue weighted by Crippen LogP contribution is 2.29. The largest absolute Gasteiger partial charge is 0.497 e. The minimum atomic E-state index is -0.359. The van der Waals surface area contributed by atoms with Gasteiger partial charge in [0.2, 0.25) is 5.91 Å². The summed E-state index contributed by atoms with van der Waals surface area (Å²) in [6, 6.07) is 16.8. The number of ether oxygens (including phenoxy) is 2. The Morgan fingerprint density at radius 2 is 1.94 bits per heavy atom. The monoisotopic (exact) mass is 452 g/mol. The van der Waals surface area contributed by atoms with Gasteiger partial charge >= 0.3 is 0 Å². The molecule has 1 aromatic heterocycles. The van der Waals surface area contributed by atoms with E-state index in [0.717, 1.165) is 5.69 Å². The average molecular weight is 453 g/mol. The lowest BCUT2D eigenvalue weighted by atomic mass is 10.3. The van der Waals surface area contributed by atoms with Crippen LogP contribution in [0.3, 0.4) is 0 Å². The van der Waals surface area contributed by atoms with E-state index in [4.69, 9.17) is 9.47 Å². The van der Waals surface area contributed by atoms with E-state index in [-0.39, 0.29) is 17.3 Å². The van der Waals surface area contributed by atoms with E-state index in [1.807, 2.05) is 73.0 Å². The summed E-state index contributed by atoms with van der Waals surface area (Å²) >= 11 is 1.39. The van der Waals surface area contributed by atoms with E-state index in [9.17, 15) is 4.79 Å². The smallest absolute Gasteiger partial charge is 0.237 e. The van der Waals surface area contributed by atoms with Crippen molar-refractivity contribution in [2.45, 2.75) is 43.3 Å². The number of nitrogens with one attached hydrogen (secondary N) is 1. The van der Waals surface area contributed by atoms with Gasteiger partial charge in [0, 0.05) is 18.3 Å². The summed E-state index contributed by atoms with van der Waals surface area (Å²) in [5.41, 5.74) is 0.769. The average Bonchev–Trinajstić information content (AvgIpc) is 3.20. The maximum absolute atomic E-state index is 12.8. The topological polar surface area (TPSA) is 78.3 Å². The number of aromatic nitrogens is 3. The van der Waals surface area contributed by atoms with Gasteiger partial charge in [0.05, 0.1) is 12.4 Å². The van der Waals surface area contributed by atoms with Crippen molar-refractivity contribution in [1.82, 2.24) is 14.8 Å². The van der Waals surface area contributed by atoms with Crippen LogP contribution in [-0.2, 0) is 11.3 Å². The van der Waals surface area contributed by atoms with Crippen molar-refractivity contribution < 1.29 is 14.3 Å². The number of para-hydroxylation sites is 1. The lowest BCUT2D eigenvalue weighted by Gasteiger charge is -2.18. The predicted molar refractivity (Wildman–Crippen MR) is 127 cm³/mol. The Morgan fingerprint density at radius 1 is 1.19 bits per heavy atom. The van der Waals surface area contributed by atoms with Gasteiger partial charge in [0.25, 0.3) is 0 Å². The van der Waals surface area contributed by atoms with E-state index in [0.29, 0.717) is 35.4 Å². The first-order chi connectivity index (χ1) is 15.5. The number of hydrogen-bond acceptors (Lipinski definition) is 6. The number of anilines is 1. The van der Waals surface area contributed by atoms with Crippen LogP contribution in [0.1, 0.15) is 32.2 Å². The van der Waals surface area contributed by atoms with E-state index in [1.54, 1.807) is 13.2 Å². The summed E-state index contributed by atoms with van der Waals surface area (Å²) in [6.07, 6.45) is 2.07. The predicted octanol–water partition coefficient (Wildman–Crippen LogP) is 5.12. The highest BCUT2D eigenvalue weighted by molar-refractivity contribution is 8.00. The van der Waals surface area contributed by atoms with Gasteiger partial charge in [-0.05, 0) is 37.6 Å². The third kappa shape index (κ3) is 5.91. The number of carbonyl (C=O) groups excluding carboxylic acids is 1. The molecule has 1 amide bonds. The molecule has 0 saturated carbocycles. The van der Waals surface area contributed by atoms with Crippen molar-refractivity contribution in [2.75, 3.05) is 12.4 Å². The molecule has 168 valence electrons. The van der Waals surface area contributed by atoms with Crippen LogP contribution in [0.15, 0.2) is 72.4 Å². The third-order valence-electron chi connectivity index (χ3n) is 4.73. The molecule has 3 aromatic rings. The lowest BCUT2D eigenvalue weighted by molar-refractivity contribution is -0.115. The first-order valence-corrected chi connectivity index (χ1v) is 11.3. The second-order valence-corrected chi connectivity index (χ2v) is 8.22. The Kier molecular flexibility index (Phi) is 8.33. The molecule has 1 N–H and O–H groups in total. The molecule has 0 spiro atoms. The fourth-order valence-corrected chi connectivity index (χ4v) is 4.08. The molecule has 0 fully saturated rings. The highest BCUT2D eigenvalue weighted by atomic mass is 32.2. The van der Waals surface area contributed by atoms with Crippen LogP contribution in [0.5, 0.6) is 11.5 Å². The van der Waals surface area contributed by atoms with Gasteiger partial charge in [-0.1, -0.05) is 49.0 Å². The molecule has 2 aromatic carbocycles. The molecule has 0 bridgehead atoms. The Bertz CT molecular complexity index is 1040. The summed E-state index contributed by atoms with van der Waals surface area (Å²) in [4.78, 5) is 12.8. The fraction of sp³-hybridized carbons (Fsp3) is 0.292. The SMILES string of the molecule is C=CCn1c(SC(CC)C(=O)Nc2ccccc2)nnc1C(C)Oc1cccc(OC)c1. The van der Waals surface area contributed by atoms with Crippen LogP contribution in [-0.4, -0.2) is 33.0 Å². The molecule has 0 aliphatic rings. The minimum Gasteiger partial charge on any atom is -0.497 e. The molecule has 3 rings (SSSR count). The number of nitrogens with zero attached hydrogens (tertiary/aromatic N) is 3. The van der Waals surface area contributed by atoms with Gasteiger partial charge in [-0.25, -0.2) is 0 Å². The van der Waals surface area contributed by atoms with E-state index in [2.05, 4.69) is 22.1 Å². The zero-order valence-corrected chi connectivity index (χ0v) is 19.3. The van der Waals surface area contributed by atoms with Crippen LogP contribution in [0.4, 0.5) is 5.69 Å². The summed E-state index contributed by atoms with van der Waals surface area (Å²) in [5, 5.41) is 12.0. The molecule has 0 aliphatic heterocycles. The number of hydrogen-bond donors (Lipinski definition) is 1. The summed E-state index contributed by atoms with van der Waals surface area (Å²) in [6.45, 7) is 8.25.